The molecule has 0 spiro atoms. The maximum Gasteiger partial charge on any atom is 0.275 e. The van der Waals surface area contributed by atoms with Gasteiger partial charge in [0.2, 0.25) is 0 Å². The van der Waals surface area contributed by atoms with Gasteiger partial charge in [0.25, 0.3) is 5.91 Å². The van der Waals surface area contributed by atoms with Crippen LogP contribution in [0.25, 0.3) is 10.9 Å². The van der Waals surface area contributed by atoms with Crippen LogP contribution in [0.15, 0.2) is 18.2 Å². The van der Waals surface area contributed by atoms with E-state index in [0.29, 0.717) is 24.5 Å². The second-order valence-electron chi connectivity index (χ2n) is 5.80. The van der Waals surface area contributed by atoms with Crippen molar-refractivity contribution in [3.8, 4) is 0 Å². The molecule has 106 valence electrons. The molecule has 0 radical (unpaired) electrons. The number of hydrogen-bond acceptors (Lipinski definition) is 4. The third kappa shape index (κ3) is 1.84. The summed E-state index contributed by atoms with van der Waals surface area (Å²) >= 11 is 0. The fourth-order valence-electron chi connectivity index (χ4n) is 2.47. The highest BCUT2D eigenvalue weighted by Crippen LogP contribution is 2.30. The van der Waals surface area contributed by atoms with E-state index in [9.17, 15) is 9.90 Å². The largest absolute Gasteiger partial charge is 0.399 e. The van der Waals surface area contributed by atoms with Crippen molar-refractivity contribution in [3.05, 3.63) is 23.9 Å². The van der Waals surface area contributed by atoms with E-state index in [0.717, 1.165) is 10.9 Å². The minimum atomic E-state index is -0.777. The molecule has 4 N–H and O–H groups in total. The van der Waals surface area contributed by atoms with Crippen LogP contribution in [-0.4, -0.2) is 44.8 Å². The number of β-amino-alcohol motifs (C(OH)–C–C–N with tert-alkyl or cyclic N) is 1. The summed E-state index contributed by atoms with van der Waals surface area (Å²) in [5.74, 6) is -0.0507. The molecule has 6 heteroatoms. The zero-order valence-corrected chi connectivity index (χ0v) is 11.6. The molecule has 1 saturated heterocycles. The van der Waals surface area contributed by atoms with Crippen LogP contribution in [-0.2, 0) is 0 Å². The van der Waals surface area contributed by atoms with Crippen molar-refractivity contribution in [1.29, 1.82) is 0 Å². The van der Waals surface area contributed by atoms with Crippen LogP contribution < -0.4 is 5.73 Å². The van der Waals surface area contributed by atoms with Crippen LogP contribution in [0.3, 0.4) is 0 Å². The van der Waals surface area contributed by atoms with Gasteiger partial charge in [-0.25, -0.2) is 0 Å². The van der Waals surface area contributed by atoms with E-state index in [2.05, 4.69) is 10.2 Å². The first kappa shape index (κ1) is 12.9. The first-order valence-electron chi connectivity index (χ1n) is 6.66. The number of anilines is 1. The molecule has 0 aliphatic carbocycles. The van der Waals surface area contributed by atoms with Crippen LogP contribution in [0.4, 0.5) is 5.69 Å². The number of carbonyl (C=O) groups is 1. The molecule has 0 unspecified atom stereocenters. The SMILES string of the molecule is CC(C)C1(O)CN(C(=O)c2n[nH]c3ccc(N)cc23)C1. The van der Waals surface area contributed by atoms with Crippen LogP contribution in [0, 0.1) is 5.92 Å². The van der Waals surface area contributed by atoms with E-state index in [-0.39, 0.29) is 11.8 Å². The van der Waals surface area contributed by atoms with Crippen molar-refractivity contribution in [2.24, 2.45) is 5.92 Å². The number of rotatable bonds is 2. The minimum Gasteiger partial charge on any atom is -0.399 e. The number of nitrogens with two attached hydrogens (primary N) is 1. The maximum atomic E-state index is 12.4. The van der Waals surface area contributed by atoms with Gasteiger partial charge in [0.1, 0.15) is 5.60 Å². The topological polar surface area (TPSA) is 95.2 Å². The smallest absolute Gasteiger partial charge is 0.275 e. The summed E-state index contributed by atoms with van der Waals surface area (Å²) in [7, 11) is 0. The van der Waals surface area contributed by atoms with Crippen molar-refractivity contribution in [2.75, 3.05) is 18.8 Å². The Hall–Kier alpha value is -2.08. The van der Waals surface area contributed by atoms with Crippen molar-refractivity contribution in [2.45, 2.75) is 19.4 Å². The van der Waals surface area contributed by atoms with Crippen molar-refractivity contribution in [1.82, 2.24) is 15.1 Å². The quantitative estimate of drug-likeness (QED) is 0.712. The Bertz CT molecular complexity index is 671. The van der Waals surface area contributed by atoms with Crippen LogP contribution in [0.5, 0.6) is 0 Å². The molecule has 0 saturated carbocycles. The Morgan fingerprint density at radius 3 is 2.85 bits per heavy atom. The van der Waals surface area contributed by atoms with E-state index >= 15 is 0 Å². The summed E-state index contributed by atoms with van der Waals surface area (Å²) in [5, 5.41) is 17.8. The maximum absolute atomic E-state index is 12.4. The first-order chi connectivity index (χ1) is 9.40. The number of aromatic nitrogens is 2. The molecule has 0 bridgehead atoms. The van der Waals surface area contributed by atoms with E-state index in [1.54, 1.807) is 23.1 Å². The number of H-pyrrole nitrogens is 1. The number of nitrogens with one attached hydrogen (secondary N) is 1. The third-order valence-corrected chi connectivity index (χ3v) is 4.08. The lowest BCUT2D eigenvalue weighted by Crippen LogP contribution is -2.66. The number of fused-ring (bicyclic) bond motifs is 1. The highest BCUT2D eigenvalue weighted by molar-refractivity contribution is 6.05. The van der Waals surface area contributed by atoms with Gasteiger partial charge in [-0.15, -0.1) is 0 Å². The fourth-order valence-corrected chi connectivity index (χ4v) is 2.47. The number of hydrogen-bond donors (Lipinski definition) is 3. The molecule has 3 rings (SSSR count). The summed E-state index contributed by atoms with van der Waals surface area (Å²) in [6, 6.07) is 5.30. The monoisotopic (exact) mass is 274 g/mol. The van der Waals surface area contributed by atoms with E-state index in [4.69, 9.17) is 5.73 Å². The molecule has 20 heavy (non-hydrogen) atoms. The standard InChI is InChI=1S/C14H18N4O2/c1-8(2)14(20)6-18(7-14)13(19)12-10-5-9(15)3-4-11(10)16-17-12/h3-5,8,20H,6-7,15H2,1-2H3,(H,16,17). The number of nitrogens with zero attached hydrogens (tertiary/aromatic N) is 2. The summed E-state index contributed by atoms with van der Waals surface area (Å²) in [4.78, 5) is 14.0. The normalized spacial score (nSPS) is 17.5. The minimum absolute atomic E-state index is 0.123. The van der Waals surface area contributed by atoms with Crippen LogP contribution in [0.2, 0.25) is 0 Å². The van der Waals surface area contributed by atoms with E-state index < -0.39 is 5.60 Å². The number of amides is 1. The molecule has 2 aromatic rings. The Morgan fingerprint density at radius 2 is 2.20 bits per heavy atom. The molecule has 1 aliphatic heterocycles. The Balaban J connectivity index is 1.86. The predicted molar refractivity (Wildman–Crippen MR) is 76.2 cm³/mol. The van der Waals surface area contributed by atoms with Crippen LogP contribution >= 0.6 is 0 Å². The lowest BCUT2D eigenvalue weighted by Gasteiger charge is -2.48. The van der Waals surface area contributed by atoms with Gasteiger partial charge >= 0.3 is 0 Å². The molecule has 0 atom stereocenters. The van der Waals surface area contributed by atoms with Crippen molar-refractivity contribution < 1.29 is 9.90 Å². The number of carbonyl (C=O) groups excluding carboxylic acids is 1. The van der Waals surface area contributed by atoms with Gasteiger partial charge in [0.05, 0.1) is 18.6 Å². The van der Waals surface area contributed by atoms with Crippen molar-refractivity contribution >= 4 is 22.5 Å². The lowest BCUT2D eigenvalue weighted by atomic mass is 9.83. The molecule has 6 nitrogen and oxygen atoms in total. The Kier molecular flexibility index (Phi) is 2.72. The summed E-state index contributed by atoms with van der Waals surface area (Å²) in [6.07, 6.45) is 0. The second-order valence-corrected chi connectivity index (χ2v) is 5.80. The molecule has 1 aromatic carbocycles. The van der Waals surface area contributed by atoms with Gasteiger partial charge in [0, 0.05) is 11.1 Å². The summed E-state index contributed by atoms with van der Waals surface area (Å²) < 4.78 is 0. The number of benzene rings is 1. The Morgan fingerprint density at radius 1 is 1.50 bits per heavy atom. The van der Waals surface area contributed by atoms with Gasteiger partial charge < -0.3 is 15.7 Å². The van der Waals surface area contributed by atoms with Crippen LogP contribution in [0.1, 0.15) is 24.3 Å². The average Bonchev–Trinajstić information content (AvgIpc) is 2.76. The van der Waals surface area contributed by atoms with Gasteiger partial charge in [-0.05, 0) is 24.1 Å². The zero-order chi connectivity index (χ0) is 14.5. The van der Waals surface area contributed by atoms with Gasteiger partial charge in [-0.1, -0.05) is 13.8 Å². The molecule has 1 aromatic heterocycles. The second kappa shape index (κ2) is 4.21. The van der Waals surface area contributed by atoms with Crippen molar-refractivity contribution in [3.63, 3.8) is 0 Å². The van der Waals surface area contributed by atoms with Gasteiger partial charge in [0.15, 0.2) is 5.69 Å². The van der Waals surface area contributed by atoms with Gasteiger partial charge in [-0.3, -0.25) is 9.89 Å². The highest BCUT2D eigenvalue weighted by atomic mass is 16.3. The highest BCUT2D eigenvalue weighted by Gasteiger charge is 2.46. The summed E-state index contributed by atoms with van der Waals surface area (Å²) in [6.45, 7) is 4.60. The average molecular weight is 274 g/mol. The van der Waals surface area contributed by atoms with E-state index in [1.165, 1.54) is 0 Å². The molecule has 1 amide bonds. The number of aromatic amines is 1. The predicted octanol–water partition coefficient (Wildman–Crippen LogP) is 0.988. The number of aliphatic hydroxyl groups is 1. The molecule has 1 aliphatic rings. The third-order valence-electron chi connectivity index (χ3n) is 4.08. The molecule has 2 heterocycles. The molecular weight excluding hydrogens is 256 g/mol. The van der Waals surface area contributed by atoms with E-state index in [1.807, 2.05) is 13.8 Å². The fraction of sp³-hybridized carbons (Fsp3) is 0.429. The van der Waals surface area contributed by atoms with Gasteiger partial charge in [-0.2, -0.15) is 5.10 Å². The molecular formula is C14H18N4O2. The number of nitrogen functional groups attached to an aromatic ring is 1. The lowest BCUT2D eigenvalue weighted by molar-refractivity contribution is -0.111. The zero-order valence-electron chi connectivity index (χ0n) is 11.6. The number of likely N-dealkylation sites (tertiary alicyclic amines) is 1. The first-order valence-corrected chi connectivity index (χ1v) is 6.66. The Labute approximate surface area is 116 Å². The summed E-state index contributed by atoms with van der Waals surface area (Å²) in [5.41, 5.74) is 6.71. The molecule has 1 fully saturated rings.